The van der Waals surface area contributed by atoms with Crippen molar-refractivity contribution in [2.24, 2.45) is 0 Å². The molecule has 16 heavy (non-hydrogen) atoms. The van der Waals surface area contributed by atoms with Crippen molar-refractivity contribution in [2.45, 2.75) is 13.2 Å². The van der Waals surface area contributed by atoms with Crippen LogP contribution in [0.5, 0.6) is 0 Å². The Morgan fingerprint density at radius 3 is 2.88 bits per heavy atom. The number of hydrogen-bond donors (Lipinski definition) is 0. The van der Waals surface area contributed by atoms with Crippen molar-refractivity contribution in [3.63, 3.8) is 0 Å². The molecule has 4 heteroatoms. The van der Waals surface area contributed by atoms with E-state index in [-0.39, 0.29) is 5.82 Å². The zero-order valence-corrected chi connectivity index (χ0v) is 8.69. The predicted molar refractivity (Wildman–Crippen MR) is 57.3 cm³/mol. The van der Waals surface area contributed by atoms with Gasteiger partial charge in [0.1, 0.15) is 18.2 Å². The smallest absolute Gasteiger partial charge is 0.135 e. The molecule has 0 atom stereocenters. The van der Waals surface area contributed by atoms with E-state index >= 15 is 0 Å². The van der Waals surface area contributed by atoms with E-state index in [0.717, 1.165) is 23.6 Å². The van der Waals surface area contributed by atoms with Gasteiger partial charge in [-0.2, -0.15) is 0 Å². The van der Waals surface area contributed by atoms with Gasteiger partial charge in [-0.3, -0.25) is 0 Å². The summed E-state index contributed by atoms with van der Waals surface area (Å²) in [6, 6.07) is 6.48. The van der Waals surface area contributed by atoms with Crippen LogP contribution in [0.15, 0.2) is 30.5 Å². The lowest BCUT2D eigenvalue weighted by Gasteiger charge is -2.16. The van der Waals surface area contributed by atoms with Crippen LogP contribution in [-0.4, -0.2) is 16.2 Å². The molecule has 0 unspecified atom stereocenters. The highest BCUT2D eigenvalue weighted by Gasteiger charge is 2.15. The summed E-state index contributed by atoms with van der Waals surface area (Å²) < 4.78 is 20.3. The Morgan fingerprint density at radius 2 is 2.06 bits per heavy atom. The maximum atomic E-state index is 12.8. The fourth-order valence-corrected chi connectivity index (χ4v) is 1.95. The molecule has 1 aromatic carbocycles. The lowest BCUT2D eigenvalue weighted by atomic mass is 10.1. The number of hydrogen-bond acceptors (Lipinski definition) is 2. The number of fused-ring (bicyclic) bond motifs is 1. The minimum atomic E-state index is -0.217. The molecule has 0 amide bonds. The molecule has 82 valence electrons. The topological polar surface area (TPSA) is 27.1 Å². The van der Waals surface area contributed by atoms with Gasteiger partial charge in [-0.05, 0) is 29.8 Å². The largest absolute Gasteiger partial charge is 0.372 e. The number of imidazole rings is 1. The Bertz CT molecular complexity index is 504. The molecule has 2 heterocycles. The van der Waals surface area contributed by atoms with Gasteiger partial charge in [-0.15, -0.1) is 0 Å². The normalized spacial score (nSPS) is 14.8. The minimum Gasteiger partial charge on any atom is -0.372 e. The van der Waals surface area contributed by atoms with E-state index < -0.39 is 0 Å². The Kier molecular flexibility index (Phi) is 2.22. The van der Waals surface area contributed by atoms with E-state index in [1.165, 1.54) is 12.1 Å². The Hall–Kier alpha value is -1.68. The van der Waals surface area contributed by atoms with Crippen molar-refractivity contribution in [3.05, 3.63) is 42.1 Å². The van der Waals surface area contributed by atoms with E-state index in [9.17, 15) is 4.39 Å². The van der Waals surface area contributed by atoms with Gasteiger partial charge in [0, 0.05) is 6.54 Å². The maximum Gasteiger partial charge on any atom is 0.135 e. The first-order valence-electron chi connectivity index (χ1n) is 5.23. The van der Waals surface area contributed by atoms with Gasteiger partial charge in [0.05, 0.1) is 18.5 Å². The van der Waals surface area contributed by atoms with Crippen LogP contribution >= 0.6 is 0 Å². The molecule has 3 nitrogen and oxygen atoms in total. The molecule has 1 aliphatic rings. The fraction of sp³-hybridized carbons (Fsp3) is 0.250. The summed E-state index contributed by atoms with van der Waals surface area (Å²) in [5, 5.41) is 0. The summed E-state index contributed by atoms with van der Waals surface area (Å²) in [4.78, 5) is 4.30. The van der Waals surface area contributed by atoms with Crippen LogP contribution in [0.25, 0.3) is 11.3 Å². The Labute approximate surface area is 92.5 Å². The molecule has 2 aromatic rings. The number of rotatable bonds is 1. The fourth-order valence-electron chi connectivity index (χ4n) is 1.95. The first-order valence-corrected chi connectivity index (χ1v) is 5.23. The number of halogens is 1. The molecule has 0 saturated carbocycles. The summed E-state index contributed by atoms with van der Waals surface area (Å²) in [5.41, 5.74) is 2.01. The van der Waals surface area contributed by atoms with Gasteiger partial charge < -0.3 is 9.30 Å². The maximum absolute atomic E-state index is 12.8. The number of ether oxygens (including phenoxy) is 1. The lowest BCUT2D eigenvalue weighted by molar-refractivity contribution is 0.0821. The third-order valence-electron chi connectivity index (χ3n) is 2.77. The van der Waals surface area contributed by atoms with E-state index in [2.05, 4.69) is 9.55 Å². The highest BCUT2D eigenvalue weighted by Crippen LogP contribution is 2.23. The van der Waals surface area contributed by atoms with Crippen molar-refractivity contribution in [1.29, 1.82) is 0 Å². The Balaban J connectivity index is 2.06. The average Bonchev–Trinajstić information content (AvgIpc) is 2.74. The van der Waals surface area contributed by atoms with Crippen molar-refractivity contribution >= 4 is 0 Å². The van der Waals surface area contributed by atoms with E-state index in [4.69, 9.17) is 4.74 Å². The SMILES string of the molecule is Fc1ccc(-c2cnc3n2CCOC3)cc1. The third kappa shape index (κ3) is 1.51. The van der Waals surface area contributed by atoms with Gasteiger partial charge in [-0.1, -0.05) is 0 Å². The zero-order chi connectivity index (χ0) is 11.0. The average molecular weight is 218 g/mol. The summed E-state index contributed by atoms with van der Waals surface area (Å²) in [6.07, 6.45) is 1.82. The monoisotopic (exact) mass is 218 g/mol. The summed E-state index contributed by atoms with van der Waals surface area (Å²) in [5.74, 6) is 0.719. The van der Waals surface area contributed by atoms with Gasteiger partial charge in [0.2, 0.25) is 0 Å². The molecule has 3 rings (SSSR count). The second-order valence-electron chi connectivity index (χ2n) is 3.77. The second-order valence-corrected chi connectivity index (χ2v) is 3.77. The molecule has 0 radical (unpaired) electrons. The molecule has 0 bridgehead atoms. The summed E-state index contributed by atoms with van der Waals surface area (Å²) in [6.45, 7) is 2.07. The highest BCUT2D eigenvalue weighted by molar-refractivity contribution is 5.59. The van der Waals surface area contributed by atoms with E-state index in [1.54, 1.807) is 12.1 Å². The zero-order valence-electron chi connectivity index (χ0n) is 8.69. The molecular formula is C12H11FN2O. The molecule has 1 aromatic heterocycles. The molecule has 0 spiro atoms. The molecule has 1 aliphatic heterocycles. The first-order chi connectivity index (χ1) is 7.84. The van der Waals surface area contributed by atoms with Crippen LogP contribution in [0.2, 0.25) is 0 Å². The quantitative estimate of drug-likeness (QED) is 0.733. The van der Waals surface area contributed by atoms with Crippen molar-refractivity contribution in [3.8, 4) is 11.3 Å². The standard InChI is InChI=1S/C12H11FN2O/c13-10-3-1-9(2-4-10)11-7-14-12-8-16-6-5-15(11)12/h1-4,7H,5-6,8H2. The predicted octanol–water partition coefficient (Wildman–Crippen LogP) is 2.22. The summed E-state index contributed by atoms with van der Waals surface area (Å²) >= 11 is 0. The first kappa shape index (κ1) is 9.54. The van der Waals surface area contributed by atoms with E-state index in [1.807, 2.05) is 6.20 Å². The van der Waals surface area contributed by atoms with Crippen molar-refractivity contribution < 1.29 is 9.13 Å². The van der Waals surface area contributed by atoms with Gasteiger partial charge in [0.25, 0.3) is 0 Å². The third-order valence-corrected chi connectivity index (χ3v) is 2.77. The van der Waals surface area contributed by atoms with Gasteiger partial charge >= 0.3 is 0 Å². The molecule has 0 N–H and O–H groups in total. The second kappa shape index (κ2) is 3.72. The number of nitrogens with zero attached hydrogens (tertiary/aromatic N) is 2. The molecule has 0 fully saturated rings. The van der Waals surface area contributed by atoms with Crippen molar-refractivity contribution in [1.82, 2.24) is 9.55 Å². The van der Waals surface area contributed by atoms with Crippen LogP contribution < -0.4 is 0 Å². The van der Waals surface area contributed by atoms with Crippen molar-refractivity contribution in [2.75, 3.05) is 6.61 Å². The van der Waals surface area contributed by atoms with Crippen LogP contribution in [0.1, 0.15) is 5.82 Å². The molecular weight excluding hydrogens is 207 g/mol. The van der Waals surface area contributed by atoms with Gasteiger partial charge in [0.15, 0.2) is 0 Å². The van der Waals surface area contributed by atoms with E-state index in [0.29, 0.717) is 13.2 Å². The summed E-state index contributed by atoms with van der Waals surface area (Å²) in [7, 11) is 0. The van der Waals surface area contributed by atoms with Crippen LogP contribution in [-0.2, 0) is 17.9 Å². The van der Waals surface area contributed by atoms with Gasteiger partial charge in [-0.25, -0.2) is 9.37 Å². The van der Waals surface area contributed by atoms with Crippen LogP contribution in [0.4, 0.5) is 4.39 Å². The number of benzene rings is 1. The molecule has 0 aliphatic carbocycles. The highest BCUT2D eigenvalue weighted by atomic mass is 19.1. The minimum absolute atomic E-state index is 0.217. The number of aromatic nitrogens is 2. The lowest BCUT2D eigenvalue weighted by Crippen LogP contribution is -2.17. The van der Waals surface area contributed by atoms with Crippen LogP contribution in [0, 0.1) is 5.82 Å². The van der Waals surface area contributed by atoms with Crippen LogP contribution in [0.3, 0.4) is 0 Å². The Morgan fingerprint density at radius 1 is 1.25 bits per heavy atom. The molecule has 0 saturated heterocycles.